The van der Waals surface area contributed by atoms with Crippen LogP contribution in [-0.2, 0) is 11.2 Å². The molecule has 1 rings (SSSR count). The van der Waals surface area contributed by atoms with Gasteiger partial charge in [-0.3, -0.25) is 4.79 Å². The normalized spacial score (nSPS) is 12.3. The van der Waals surface area contributed by atoms with Crippen molar-refractivity contribution in [2.24, 2.45) is 0 Å². The molecule has 0 bridgehead atoms. The Morgan fingerprint density at radius 2 is 2.07 bits per heavy atom. The average molecular weight is 210 g/mol. The second-order valence-electron chi connectivity index (χ2n) is 3.21. The molecule has 0 amide bonds. The van der Waals surface area contributed by atoms with Gasteiger partial charge in [-0.05, 0) is 31.2 Å². The molecule has 0 fully saturated rings. The molecule has 1 atom stereocenters. The molecule has 1 unspecified atom stereocenters. The van der Waals surface area contributed by atoms with Crippen LogP contribution in [0.3, 0.4) is 0 Å². The highest BCUT2D eigenvalue weighted by Gasteiger charge is 2.15. The van der Waals surface area contributed by atoms with Gasteiger partial charge in [-0.2, -0.15) is 0 Å². The number of phenols is 2. The molecule has 15 heavy (non-hydrogen) atoms. The fourth-order valence-corrected chi connectivity index (χ4v) is 1.24. The monoisotopic (exact) mass is 210 g/mol. The zero-order valence-electron chi connectivity index (χ0n) is 8.27. The van der Waals surface area contributed by atoms with Crippen LogP contribution in [0.15, 0.2) is 18.2 Å². The van der Waals surface area contributed by atoms with E-state index in [4.69, 9.17) is 10.2 Å². The summed E-state index contributed by atoms with van der Waals surface area (Å²) < 4.78 is 0. The van der Waals surface area contributed by atoms with Gasteiger partial charge in [-0.1, -0.05) is 6.07 Å². The van der Waals surface area contributed by atoms with E-state index in [-0.39, 0.29) is 17.9 Å². The second kappa shape index (κ2) is 4.65. The number of carboxylic acids is 1. The summed E-state index contributed by atoms with van der Waals surface area (Å²) in [5, 5.41) is 29.7. The fraction of sp³-hybridized carbons (Fsp3) is 0.300. The molecule has 1 aromatic rings. The first-order valence-corrected chi connectivity index (χ1v) is 4.45. The van der Waals surface area contributed by atoms with Gasteiger partial charge in [0, 0.05) is 0 Å². The highest BCUT2D eigenvalue weighted by Crippen LogP contribution is 2.25. The first-order chi connectivity index (χ1) is 7.04. The van der Waals surface area contributed by atoms with Crippen molar-refractivity contribution in [2.45, 2.75) is 12.5 Å². The van der Waals surface area contributed by atoms with Crippen LogP contribution < -0.4 is 5.32 Å². The van der Waals surface area contributed by atoms with Crippen LogP contribution in [0.25, 0.3) is 0 Å². The molecule has 5 heteroatoms. The standard InChI is InChI=1S/C10H13NO4/c1-11-7(10(14)15)4-6-2-3-8(12)9(13)5-6/h2-3,5,7,11-13H,4H2,1H3,(H,14,15)/i1-1. The molecule has 0 saturated carbocycles. The quantitative estimate of drug-likeness (QED) is 0.537. The van der Waals surface area contributed by atoms with Crippen molar-refractivity contribution in [1.29, 1.82) is 0 Å². The highest BCUT2D eigenvalue weighted by atomic mass is 16.4. The van der Waals surface area contributed by atoms with Crippen LogP contribution in [0.1, 0.15) is 5.56 Å². The van der Waals surface area contributed by atoms with E-state index in [1.165, 1.54) is 12.1 Å². The first-order valence-electron chi connectivity index (χ1n) is 4.45. The summed E-state index contributed by atoms with van der Waals surface area (Å²) >= 11 is 0. The Morgan fingerprint density at radius 1 is 1.40 bits per heavy atom. The summed E-state index contributed by atoms with van der Waals surface area (Å²) in [4.78, 5) is 10.7. The molecule has 1 aromatic carbocycles. The summed E-state index contributed by atoms with van der Waals surface area (Å²) in [6.07, 6.45) is 0.250. The van der Waals surface area contributed by atoms with Crippen molar-refractivity contribution >= 4 is 5.97 Å². The molecule has 0 aliphatic carbocycles. The number of rotatable bonds is 4. The Hall–Kier alpha value is -1.75. The summed E-state index contributed by atoms with van der Waals surface area (Å²) in [6, 6.07) is 3.55. The third-order valence-electron chi connectivity index (χ3n) is 2.13. The number of benzene rings is 1. The number of likely N-dealkylation sites (N-methyl/N-ethyl adjacent to an activating group) is 1. The van der Waals surface area contributed by atoms with Crippen molar-refractivity contribution in [3.63, 3.8) is 0 Å². The summed E-state index contributed by atoms with van der Waals surface area (Å²) in [6.45, 7) is 0. The Bertz CT molecular complexity index is 364. The van der Waals surface area contributed by atoms with Gasteiger partial charge in [0.1, 0.15) is 6.04 Å². The molecule has 0 spiro atoms. The molecule has 0 aliphatic heterocycles. The lowest BCUT2D eigenvalue weighted by atomic mass is 10.0. The fourth-order valence-electron chi connectivity index (χ4n) is 1.24. The number of hydrogen-bond acceptors (Lipinski definition) is 4. The third-order valence-corrected chi connectivity index (χ3v) is 2.13. The van der Waals surface area contributed by atoms with Crippen molar-refractivity contribution in [1.82, 2.24) is 5.32 Å². The Morgan fingerprint density at radius 3 is 2.53 bits per heavy atom. The second-order valence-corrected chi connectivity index (χ2v) is 3.21. The lowest BCUT2D eigenvalue weighted by molar-refractivity contribution is -0.139. The van der Waals surface area contributed by atoms with E-state index in [0.717, 1.165) is 0 Å². The molecular weight excluding hydrogens is 197 g/mol. The molecule has 0 heterocycles. The van der Waals surface area contributed by atoms with Crippen molar-refractivity contribution < 1.29 is 20.1 Å². The highest BCUT2D eigenvalue weighted by molar-refractivity contribution is 5.73. The van der Waals surface area contributed by atoms with Gasteiger partial charge in [-0.15, -0.1) is 0 Å². The van der Waals surface area contributed by atoms with E-state index >= 15 is 0 Å². The number of hydrogen-bond donors (Lipinski definition) is 4. The van der Waals surface area contributed by atoms with Crippen LogP contribution >= 0.6 is 0 Å². The Labute approximate surface area is 87.0 Å². The Balaban J connectivity index is 2.80. The SMILES string of the molecule is [11CH3]NC(Cc1ccc(O)c(O)c1)C(=O)O. The molecule has 0 aliphatic rings. The van der Waals surface area contributed by atoms with E-state index in [2.05, 4.69) is 5.32 Å². The topological polar surface area (TPSA) is 89.8 Å². The van der Waals surface area contributed by atoms with Crippen LogP contribution in [0, 0.1) is 0 Å². The third kappa shape index (κ3) is 2.85. The number of aliphatic carboxylic acids is 1. The molecule has 0 radical (unpaired) electrons. The lowest BCUT2D eigenvalue weighted by Crippen LogP contribution is -2.35. The predicted molar refractivity (Wildman–Crippen MR) is 54.0 cm³/mol. The predicted octanol–water partition coefficient (Wildman–Crippen LogP) is 0.313. The van der Waals surface area contributed by atoms with Crippen LogP contribution in [0.4, 0.5) is 0 Å². The van der Waals surface area contributed by atoms with Gasteiger partial charge >= 0.3 is 5.97 Å². The maximum atomic E-state index is 10.7. The van der Waals surface area contributed by atoms with E-state index in [1.807, 2.05) is 0 Å². The van der Waals surface area contributed by atoms with Crippen LogP contribution in [0.5, 0.6) is 11.5 Å². The molecule has 4 N–H and O–H groups in total. The van der Waals surface area contributed by atoms with E-state index in [9.17, 15) is 9.90 Å². The van der Waals surface area contributed by atoms with Gasteiger partial charge in [0.15, 0.2) is 11.5 Å². The van der Waals surface area contributed by atoms with E-state index < -0.39 is 12.0 Å². The smallest absolute Gasteiger partial charge is 0.321 e. The van der Waals surface area contributed by atoms with Gasteiger partial charge < -0.3 is 20.6 Å². The number of carbonyl (C=O) groups is 1. The summed E-state index contributed by atoms with van der Waals surface area (Å²) in [5.74, 6) is -1.41. The molecule has 0 saturated heterocycles. The van der Waals surface area contributed by atoms with Crippen LogP contribution in [0.2, 0.25) is 0 Å². The lowest BCUT2D eigenvalue weighted by Gasteiger charge is -2.11. The molecule has 0 aromatic heterocycles. The summed E-state index contributed by atoms with van der Waals surface area (Å²) in [7, 11) is 1.55. The average Bonchev–Trinajstić information content (AvgIpc) is 2.19. The number of phenolic OH excluding ortho intramolecular Hbond substituents is 2. The van der Waals surface area contributed by atoms with Gasteiger partial charge in [0.25, 0.3) is 0 Å². The van der Waals surface area contributed by atoms with Gasteiger partial charge in [0.05, 0.1) is 0 Å². The minimum atomic E-state index is -0.954. The van der Waals surface area contributed by atoms with E-state index in [0.29, 0.717) is 5.56 Å². The number of carboxylic acid groups (broad SMARTS) is 1. The van der Waals surface area contributed by atoms with E-state index in [1.54, 1.807) is 13.1 Å². The van der Waals surface area contributed by atoms with Crippen LogP contribution in [-0.4, -0.2) is 34.4 Å². The molecular formula is C10H13NO4. The minimum absolute atomic E-state index is 0.213. The van der Waals surface area contributed by atoms with Crippen molar-refractivity contribution in [2.75, 3.05) is 7.05 Å². The largest absolute Gasteiger partial charge is 0.504 e. The first kappa shape index (κ1) is 11.3. The van der Waals surface area contributed by atoms with Gasteiger partial charge in [0.2, 0.25) is 0 Å². The number of nitrogens with one attached hydrogen (secondary N) is 1. The summed E-state index contributed by atoms with van der Waals surface area (Å²) in [5.41, 5.74) is 0.645. The molecule has 82 valence electrons. The maximum absolute atomic E-state index is 10.7. The number of aromatic hydroxyl groups is 2. The zero-order chi connectivity index (χ0) is 11.4. The maximum Gasteiger partial charge on any atom is 0.321 e. The minimum Gasteiger partial charge on any atom is -0.504 e. The van der Waals surface area contributed by atoms with Gasteiger partial charge in [-0.25, -0.2) is 0 Å². The van der Waals surface area contributed by atoms with Crippen molar-refractivity contribution in [3.05, 3.63) is 23.8 Å². The molecule has 5 nitrogen and oxygen atoms in total. The van der Waals surface area contributed by atoms with Crippen molar-refractivity contribution in [3.8, 4) is 11.5 Å². The zero-order valence-corrected chi connectivity index (χ0v) is 8.27. The Kier molecular flexibility index (Phi) is 3.51.